The van der Waals surface area contributed by atoms with E-state index in [2.05, 4.69) is 0 Å². The molecule has 3 rings (SSSR count). The van der Waals surface area contributed by atoms with Crippen LogP contribution in [0.4, 0.5) is 17.6 Å². The summed E-state index contributed by atoms with van der Waals surface area (Å²) in [6.45, 7) is -0.268. The maximum absolute atomic E-state index is 14.2. The van der Waals surface area contributed by atoms with Crippen LogP contribution >= 0.6 is 7.60 Å². The molecular formula is C28H25F4O9P. The number of rotatable bonds is 12. The van der Waals surface area contributed by atoms with E-state index in [1.165, 1.54) is 0 Å². The smallest absolute Gasteiger partial charge is 0.399 e. The summed E-state index contributed by atoms with van der Waals surface area (Å²) in [4.78, 5) is 55.7. The maximum Gasteiger partial charge on any atom is 0.399 e. The fourth-order valence-corrected chi connectivity index (χ4v) is 4.62. The van der Waals surface area contributed by atoms with Gasteiger partial charge in [-0.05, 0) is 29.5 Å². The summed E-state index contributed by atoms with van der Waals surface area (Å²) in [6.07, 6.45) is -1.01. The Labute approximate surface area is 236 Å². The summed E-state index contributed by atoms with van der Waals surface area (Å²) in [6, 6.07) is 15.7. The molecule has 0 saturated carbocycles. The van der Waals surface area contributed by atoms with Crippen molar-refractivity contribution in [1.29, 1.82) is 0 Å². The summed E-state index contributed by atoms with van der Waals surface area (Å²) in [5.74, 6) is -8.78. The van der Waals surface area contributed by atoms with Crippen molar-refractivity contribution in [2.24, 2.45) is 5.41 Å². The third-order valence-corrected chi connectivity index (χ3v) is 7.43. The van der Waals surface area contributed by atoms with Gasteiger partial charge in [0, 0.05) is 11.1 Å². The number of esters is 2. The molecule has 3 aromatic carbocycles. The van der Waals surface area contributed by atoms with Crippen LogP contribution in [0.5, 0.6) is 0 Å². The van der Waals surface area contributed by atoms with E-state index in [0.29, 0.717) is 5.56 Å². The number of carboxylic acid groups (broad SMARTS) is 1. The summed E-state index contributed by atoms with van der Waals surface area (Å²) in [5, 5.41) is 8.80. The zero-order chi connectivity index (χ0) is 31.3. The van der Waals surface area contributed by atoms with Gasteiger partial charge >= 0.3 is 37.1 Å². The Morgan fingerprint density at radius 1 is 0.738 bits per heavy atom. The van der Waals surface area contributed by atoms with Gasteiger partial charge in [-0.25, -0.2) is 4.79 Å². The molecule has 0 radical (unpaired) electrons. The second-order valence-corrected chi connectivity index (χ2v) is 11.0. The van der Waals surface area contributed by atoms with E-state index in [-0.39, 0.29) is 17.7 Å². The lowest BCUT2D eigenvalue weighted by Gasteiger charge is -2.29. The molecule has 1 unspecified atom stereocenters. The molecule has 3 aromatic rings. The third kappa shape index (κ3) is 6.87. The lowest BCUT2D eigenvalue weighted by molar-refractivity contribution is -0.172. The van der Waals surface area contributed by atoms with Gasteiger partial charge in [-0.1, -0.05) is 78.9 Å². The fourth-order valence-electron chi connectivity index (χ4n) is 4.13. The predicted molar refractivity (Wildman–Crippen MR) is 138 cm³/mol. The molecule has 3 N–H and O–H groups in total. The third-order valence-electron chi connectivity index (χ3n) is 6.44. The zero-order valence-corrected chi connectivity index (χ0v) is 22.8. The number of carbonyl (C=O) groups excluding carboxylic acids is 2. The van der Waals surface area contributed by atoms with Crippen molar-refractivity contribution >= 4 is 25.5 Å². The lowest BCUT2D eigenvalue weighted by Crippen LogP contribution is -2.45. The molecule has 0 amide bonds. The lowest BCUT2D eigenvalue weighted by atomic mass is 9.76. The highest BCUT2D eigenvalue weighted by molar-refractivity contribution is 7.52. The summed E-state index contributed by atoms with van der Waals surface area (Å²) in [5.41, 5.74) is -7.76. The first-order valence-electron chi connectivity index (χ1n) is 12.1. The number of aliphatic carboxylic acids is 1. The molecule has 0 spiro atoms. The minimum atomic E-state index is -5.86. The Kier molecular flexibility index (Phi) is 9.61. The van der Waals surface area contributed by atoms with E-state index in [1.54, 1.807) is 30.3 Å². The van der Waals surface area contributed by atoms with E-state index in [0.717, 1.165) is 55.6 Å². The van der Waals surface area contributed by atoms with Crippen molar-refractivity contribution < 1.29 is 60.9 Å². The number of methoxy groups -OCH3 is 1. The van der Waals surface area contributed by atoms with E-state index in [4.69, 9.17) is 24.4 Å². The van der Waals surface area contributed by atoms with Gasteiger partial charge in [0.1, 0.15) is 6.61 Å². The molecule has 0 fully saturated rings. The number of carbonyl (C=O) groups is 3. The summed E-state index contributed by atoms with van der Waals surface area (Å²) < 4.78 is 77.8. The van der Waals surface area contributed by atoms with Gasteiger partial charge in [-0.3, -0.25) is 14.2 Å². The number of halogens is 4. The minimum absolute atomic E-state index is 0.0938. The highest BCUT2D eigenvalue weighted by atomic mass is 31.2. The van der Waals surface area contributed by atoms with Gasteiger partial charge < -0.3 is 24.4 Å². The standard InChI is InChI=1S/C28H25F4O9P/c1-40-24(35)26(25(36)41-17-20-5-3-2-4-6-20,15-18-7-11-21(12-8-18)27(29,30)23(33)34)16-19-9-13-22(14-10-19)28(31,32)42(37,38)39/h2-14H,15-17H2,1H3,(H,33,34)(H2,37,38,39). The van der Waals surface area contributed by atoms with Crippen molar-refractivity contribution in [1.82, 2.24) is 0 Å². The monoisotopic (exact) mass is 612 g/mol. The average Bonchev–Trinajstić information content (AvgIpc) is 2.95. The molecule has 9 nitrogen and oxygen atoms in total. The number of ether oxygens (including phenoxy) is 2. The molecule has 0 saturated heterocycles. The van der Waals surface area contributed by atoms with E-state index < -0.39 is 66.5 Å². The number of alkyl halides is 4. The average molecular weight is 612 g/mol. The number of benzene rings is 3. The minimum Gasteiger partial charge on any atom is -0.477 e. The van der Waals surface area contributed by atoms with Gasteiger partial charge in [0.25, 0.3) is 0 Å². The zero-order valence-electron chi connectivity index (χ0n) is 21.9. The highest BCUT2D eigenvalue weighted by Gasteiger charge is 2.51. The Balaban J connectivity index is 2.04. The van der Waals surface area contributed by atoms with Crippen LogP contribution in [0.1, 0.15) is 27.8 Å². The normalized spacial score (nSPS) is 13.6. The summed E-state index contributed by atoms with van der Waals surface area (Å²) >= 11 is 0. The molecule has 0 bridgehead atoms. The van der Waals surface area contributed by atoms with Gasteiger partial charge in [-0.2, -0.15) is 17.6 Å². The van der Waals surface area contributed by atoms with Crippen LogP contribution in [-0.4, -0.2) is 39.9 Å². The van der Waals surface area contributed by atoms with Crippen LogP contribution in [0, 0.1) is 5.41 Å². The Morgan fingerprint density at radius 2 is 1.21 bits per heavy atom. The molecule has 0 aliphatic carbocycles. The van der Waals surface area contributed by atoms with Crippen LogP contribution in [0.2, 0.25) is 0 Å². The molecule has 224 valence electrons. The predicted octanol–water partition coefficient (Wildman–Crippen LogP) is 4.78. The quantitative estimate of drug-likeness (QED) is 0.114. The van der Waals surface area contributed by atoms with Gasteiger partial charge in [0.05, 0.1) is 7.11 Å². The molecule has 0 aliphatic rings. The number of hydrogen-bond donors (Lipinski definition) is 3. The van der Waals surface area contributed by atoms with Crippen molar-refractivity contribution in [3.8, 4) is 0 Å². The molecule has 14 heteroatoms. The first kappa shape index (κ1) is 32.5. The van der Waals surface area contributed by atoms with E-state index in [9.17, 15) is 36.5 Å². The van der Waals surface area contributed by atoms with Gasteiger partial charge in [0.2, 0.25) is 0 Å². The SMILES string of the molecule is COC(=O)C(Cc1ccc(C(F)(F)C(=O)O)cc1)(Cc1ccc(C(F)(F)P(=O)(O)O)cc1)C(=O)OCc1ccccc1. The van der Waals surface area contributed by atoms with Crippen molar-refractivity contribution in [2.45, 2.75) is 31.0 Å². The molecular weight excluding hydrogens is 587 g/mol. The first-order valence-corrected chi connectivity index (χ1v) is 13.7. The summed E-state index contributed by atoms with van der Waals surface area (Å²) in [7, 11) is -4.87. The van der Waals surface area contributed by atoms with Crippen LogP contribution < -0.4 is 0 Å². The van der Waals surface area contributed by atoms with Crippen LogP contribution in [0.15, 0.2) is 78.9 Å². The molecule has 0 heterocycles. The second kappa shape index (κ2) is 12.4. The topological polar surface area (TPSA) is 147 Å². The Bertz CT molecular complexity index is 1470. The Hall–Kier alpha value is -4.06. The number of hydrogen-bond acceptors (Lipinski definition) is 6. The van der Waals surface area contributed by atoms with E-state index in [1.807, 2.05) is 0 Å². The fraction of sp³-hybridized carbons (Fsp3) is 0.250. The van der Waals surface area contributed by atoms with Crippen LogP contribution in [0.25, 0.3) is 0 Å². The number of carboxylic acids is 1. The largest absolute Gasteiger partial charge is 0.477 e. The Morgan fingerprint density at radius 3 is 1.64 bits per heavy atom. The highest BCUT2D eigenvalue weighted by Crippen LogP contribution is 2.59. The van der Waals surface area contributed by atoms with Crippen molar-refractivity contribution in [2.75, 3.05) is 7.11 Å². The van der Waals surface area contributed by atoms with Crippen molar-refractivity contribution in [3.05, 3.63) is 107 Å². The maximum atomic E-state index is 14.2. The van der Waals surface area contributed by atoms with Crippen molar-refractivity contribution in [3.63, 3.8) is 0 Å². The second-order valence-electron chi connectivity index (χ2n) is 9.35. The molecule has 42 heavy (non-hydrogen) atoms. The van der Waals surface area contributed by atoms with Crippen LogP contribution in [-0.2, 0) is 59.5 Å². The molecule has 0 aliphatic heterocycles. The van der Waals surface area contributed by atoms with E-state index >= 15 is 0 Å². The first-order chi connectivity index (χ1) is 19.5. The van der Waals surface area contributed by atoms with Crippen LogP contribution in [0.3, 0.4) is 0 Å². The molecule has 0 aromatic heterocycles. The molecule has 1 atom stereocenters. The van der Waals surface area contributed by atoms with Gasteiger partial charge in [0.15, 0.2) is 5.41 Å². The van der Waals surface area contributed by atoms with Gasteiger partial charge in [-0.15, -0.1) is 0 Å².